The van der Waals surface area contributed by atoms with Crippen molar-refractivity contribution in [1.29, 1.82) is 0 Å². The van der Waals surface area contributed by atoms with E-state index >= 15 is 0 Å². The summed E-state index contributed by atoms with van der Waals surface area (Å²) in [6.45, 7) is -0.542. The molecule has 0 aromatic heterocycles. The van der Waals surface area contributed by atoms with Gasteiger partial charge < -0.3 is 25.2 Å². The van der Waals surface area contributed by atoms with Crippen LogP contribution in [0, 0.1) is 0 Å². The fourth-order valence-corrected chi connectivity index (χ4v) is 0.789. The molecule has 1 heterocycles. The van der Waals surface area contributed by atoms with Gasteiger partial charge in [-0.3, -0.25) is 0 Å². The zero-order valence-electron chi connectivity index (χ0n) is 6.14. The molecule has 0 unspecified atom stereocenters. The molecule has 0 bridgehead atoms. The van der Waals surface area contributed by atoms with Gasteiger partial charge >= 0.3 is 0 Å². The van der Waals surface area contributed by atoms with E-state index in [2.05, 4.69) is 4.74 Å². The van der Waals surface area contributed by atoms with Crippen LogP contribution in [0.2, 0.25) is 0 Å². The van der Waals surface area contributed by atoms with Crippen LogP contribution in [0.5, 0.6) is 0 Å². The smallest absolute Gasteiger partial charge is 0.184 e. The average Bonchev–Trinajstić information content (AvgIpc) is 2.13. The van der Waals surface area contributed by atoms with Crippen molar-refractivity contribution in [3.63, 3.8) is 0 Å². The predicted octanol–water partition coefficient (Wildman–Crippen LogP) is -2.58. The molecule has 0 radical (unpaired) electrons. The molecule has 5 nitrogen and oxygen atoms in total. The van der Waals surface area contributed by atoms with Gasteiger partial charge in [0.1, 0.15) is 18.3 Å². The Morgan fingerprint density at radius 3 is 2.10 bits per heavy atom. The van der Waals surface area contributed by atoms with E-state index in [4.69, 9.17) is 21.8 Å². The Morgan fingerprint density at radius 2 is 1.90 bits per heavy atom. The predicted molar refractivity (Wildman–Crippen MR) is 30.0 cm³/mol. The van der Waals surface area contributed by atoms with Crippen LogP contribution in [-0.4, -0.2) is 51.6 Å². The fraction of sp³-hybridized carbons (Fsp3) is 1.00. The van der Waals surface area contributed by atoms with Crippen molar-refractivity contribution in [3.05, 3.63) is 0 Å². The van der Waals surface area contributed by atoms with Crippen molar-refractivity contribution in [3.8, 4) is 0 Å². The molecule has 10 heavy (non-hydrogen) atoms. The molecule has 60 valence electrons. The van der Waals surface area contributed by atoms with Crippen molar-refractivity contribution in [1.82, 2.24) is 0 Å². The number of hydrogen-bond acceptors (Lipinski definition) is 5. The van der Waals surface area contributed by atoms with Crippen LogP contribution in [0.25, 0.3) is 0 Å². The van der Waals surface area contributed by atoms with Gasteiger partial charge in [-0.05, 0) is 0 Å². The second-order valence-electron chi connectivity index (χ2n) is 2.11. The van der Waals surface area contributed by atoms with E-state index in [1.807, 2.05) is 0 Å². The van der Waals surface area contributed by atoms with Gasteiger partial charge in [0.25, 0.3) is 0 Å². The molecular weight excluding hydrogens is 140 g/mol. The summed E-state index contributed by atoms with van der Waals surface area (Å²) in [6.07, 6.45) is -6.71. The number of ether oxygens (including phenoxy) is 1. The van der Waals surface area contributed by atoms with Crippen molar-refractivity contribution in [2.24, 2.45) is 0 Å². The maximum Gasteiger partial charge on any atom is 0.184 e. The molecule has 0 spiro atoms. The van der Waals surface area contributed by atoms with Gasteiger partial charge in [0.2, 0.25) is 0 Å². The van der Waals surface area contributed by atoms with E-state index < -0.39 is 31.2 Å². The Hall–Kier alpha value is -0.200. The van der Waals surface area contributed by atoms with Crippen LogP contribution < -0.4 is 0 Å². The zero-order valence-corrected chi connectivity index (χ0v) is 5.14. The topological polar surface area (TPSA) is 90.2 Å². The highest BCUT2D eigenvalue weighted by atomic mass is 16.6. The normalized spacial score (nSPS) is 56.8. The second kappa shape index (κ2) is 2.81. The van der Waals surface area contributed by atoms with Crippen molar-refractivity contribution >= 4 is 0 Å². The summed E-state index contributed by atoms with van der Waals surface area (Å²) in [4.78, 5) is 0. The standard InChI is InChI=1S/C5H10O5/c6-1-2-3(7)4(8)5(9)10-2/h2-9H,1H2/t2-,3-,4+,5+/m0/s1/i5D. The van der Waals surface area contributed by atoms with Gasteiger partial charge in [-0.1, -0.05) is 0 Å². The lowest BCUT2D eigenvalue weighted by Gasteiger charge is -2.09. The molecule has 0 aromatic rings. The molecule has 4 atom stereocenters. The molecule has 0 saturated carbocycles. The van der Waals surface area contributed by atoms with Crippen molar-refractivity contribution < 1.29 is 26.5 Å². The van der Waals surface area contributed by atoms with E-state index in [-0.39, 0.29) is 0 Å². The molecule has 1 fully saturated rings. The molecule has 1 aliphatic rings. The second-order valence-corrected chi connectivity index (χ2v) is 2.11. The van der Waals surface area contributed by atoms with Gasteiger partial charge in [0.15, 0.2) is 6.27 Å². The summed E-state index contributed by atoms with van der Waals surface area (Å²) < 4.78 is 11.3. The van der Waals surface area contributed by atoms with Crippen molar-refractivity contribution in [2.75, 3.05) is 6.61 Å². The molecule has 1 rings (SSSR count). The summed E-state index contributed by atoms with van der Waals surface area (Å²) in [6, 6.07) is 0. The minimum absolute atomic E-state index is 0.542. The van der Waals surface area contributed by atoms with E-state index in [0.717, 1.165) is 0 Å². The third-order valence-corrected chi connectivity index (χ3v) is 1.41. The van der Waals surface area contributed by atoms with Crippen LogP contribution in [0.1, 0.15) is 1.37 Å². The summed E-state index contributed by atoms with van der Waals surface area (Å²) in [5.74, 6) is 0. The lowest BCUT2D eigenvalue weighted by atomic mass is 10.1. The highest BCUT2D eigenvalue weighted by Crippen LogP contribution is 2.18. The van der Waals surface area contributed by atoms with E-state index in [0.29, 0.717) is 0 Å². The minimum atomic E-state index is -2.51. The van der Waals surface area contributed by atoms with Crippen LogP contribution in [0.4, 0.5) is 0 Å². The van der Waals surface area contributed by atoms with Crippen LogP contribution in [-0.2, 0) is 4.74 Å². The lowest BCUT2D eigenvalue weighted by molar-refractivity contribution is -0.132. The number of rotatable bonds is 1. The molecular formula is C5H10O5. The molecule has 0 aromatic carbocycles. The van der Waals surface area contributed by atoms with E-state index in [1.165, 1.54) is 0 Å². The summed E-state index contributed by atoms with van der Waals surface area (Å²) in [7, 11) is 0. The first kappa shape index (κ1) is 6.51. The lowest BCUT2D eigenvalue weighted by Crippen LogP contribution is -2.33. The van der Waals surface area contributed by atoms with Crippen molar-refractivity contribution in [2.45, 2.75) is 24.6 Å². The summed E-state index contributed by atoms with van der Waals surface area (Å²) in [5, 5.41) is 35.2. The first-order chi connectivity index (χ1) is 4.99. The summed E-state index contributed by atoms with van der Waals surface area (Å²) in [5.41, 5.74) is 0. The monoisotopic (exact) mass is 151 g/mol. The Kier molecular flexibility index (Phi) is 1.83. The van der Waals surface area contributed by atoms with E-state index in [1.54, 1.807) is 0 Å². The van der Waals surface area contributed by atoms with Gasteiger partial charge in [0, 0.05) is 0 Å². The third-order valence-electron chi connectivity index (χ3n) is 1.41. The van der Waals surface area contributed by atoms with Gasteiger partial charge in [0.05, 0.1) is 7.98 Å². The molecule has 5 heteroatoms. The van der Waals surface area contributed by atoms with Gasteiger partial charge in [-0.2, -0.15) is 0 Å². The fourth-order valence-electron chi connectivity index (χ4n) is 0.789. The average molecular weight is 151 g/mol. The maximum absolute atomic E-state index is 8.98. The Labute approximate surface area is 58.9 Å². The summed E-state index contributed by atoms with van der Waals surface area (Å²) >= 11 is 0. The molecule has 4 N–H and O–H groups in total. The Morgan fingerprint density at radius 1 is 1.30 bits per heavy atom. The molecule has 0 amide bonds. The quantitative estimate of drug-likeness (QED) is 0.330. The molecule has 1 saturated heterocycles. The van der Waals surface area contributed by atoms with Crippen LogP contribution in [0.3, 0.4) is 0 Å². The molecule has 1 aliphatic heterocycles. The van der Waals surface area contributed by atoms with Gasteiger partial charge in [-0.15, -0.1) is 0 Å². The van der Waals surface area contributed by atoms with Gasteiger partial charge in [-0.25, -0.2) is 0 Å². The maximum atomic E-state index is 8.98. The largest absolute Gasteiger partial charge is 0.394 e. The number of aliphatic hydroxyl groups is 4. The highest BCUT2D eigenvalue weighted by molar-refractivity contribution is 4.84. The Balaban J connectivity index is 2.69. The number of hydrogen-bond donors (Lipinski definition) is 4. The first-order valence-electron chi connectivity index (χ1n) is 3.36. The highest BCUT2D eigenvalue weighted by Gasteiger charge is 2.41. The first-order valence-corrected chi connectivity index (χ1v) is 2.86. The number of aliphatic hydroxyl groups excluding tert-OH is 3. The van der Waals surface area contributed by atoms with Crippen LogP contribution in [0.15, 0.2) is 0 Å². The molecule has 0 aliphatic carbocycles. The SMILES string of the molecule is [2H][C@@]1(O)O[C@@H](CO)[C@H](O)[C@H]1O. The third kappa shape index (κ3) is 1.14. The minimum Gasteiger partial charge on any atom is -0.394 e. The Bertz CT molecular complexity index is 150. The van der Waals surface area contributed by atoms with Crippen LogP contribution >= 0.6 is 0 Å². The zero-order chi connectivity index (χ0) is 8.65. The van der Waals surface area contributed by atoms with E-state index in [9.17, 15) is 0 Å².